The van der Waals surface area contributed by atoms with Crippen molar-refractivity contribution in [3.63, 3.8) is 0 Å². The molecule has 94 heavy (non-hydrogen) atoms. The summed E-state index contributed by atoms with van der Waals surface area (Å²) >= 11 is 0. The lowest BCUT2D eigenvalue weighted by Gasteiger charge is -2.21. The molecule has 0 rings (SSSR count). The molecule has 0 aliphatic rings. The Morgan fingerprint density at radius 1 is 0.287 bits per heavy atom. The normalized spacial score (nSPS) is 15.3. The zero-order valence-corrected chi connectivity index (χ0v) is 63.4. The van der Waals surface area contributed by atoms with Crippen molar-refractivity contribution in [3.05, 3.63) is 0 Å². The SMILES string of the molecule is CCC(C)CCCCCCCCCCCCCCCCC(=O)O[C@H](COC(=O)CCCCCCCCCCCCC(C)CC)COP(=O)(O)OC[C@@H](O)COP(=O)(O)OC[C@@H](COC(=O)CCCCCCCCC(C)CC)OC(=O)CCCCCCCCCCC(C)CC. The van der Waals surface area contributed by atoms with E-state index >= 15 is 0 Å². The van der Waals surface area contributed by atoms with Gasteiger partial charge < -0.3 is 33.8 Å². The Morgan fingerprint density at radius 2 is 0.479 bits per heavy atom. The third-order valence-electron chi connectivity index (χ3n) is 18.8. The number of phosphoric acid groups is 2. The summed E-state index contributed by atoms with van der Waals surface area (Å²) in [6.45, 7) is 14.2. The minimum absolute atomic E-state index is 0.104. The monoisotopic (exact) mass is 1380 g/mol. The molecule has 0 aliphatic carbocycles. The molecule has 0 saturated heterocycles. The second kappa shape index (κ2) is 64.4. The van der Waals surface area contributed by atoms with Crippen LogP contribution >= 0.6 is 15.6 Å². The van der Waals surface area contributed by atoms with Gasteiger partial charge in [-0.05, 0) is 49.4 Å². The number of aliphatic hydroxyl groups excluding tert-OH is 1. The third kappa shape index (κ3) is 63.5. The van der Waals surface area contributed by atoms with Crippen molar-refractivity contribution >= 4 is 39.5 Å². The van der Waals surface area contributed by atoms with Gasteiger partial charge in [0.25, 0.3) is 0 Å². The summed E-state index contributed by atoms with van der Waals surface area (Å²) in [5.74, 6) is 1.03. The van der Waals surface area contributed by atoms with E-state index in [4.69, 9.17) is 37.0 Å². The molecule has 0 spiro atoms. The summed E-state index contributed by atoms with van der Waals surface area (Å²) in [6, 6.07) is 0. The minimum Gasteiger partial charge on any atom is -0.462 e. The Kier molecular flexibility index (Phi) is 63.1. The van der Waals surface area contributed by atoms with E-state index in [1.54, 1.807) is 0 Å². The van der Waals surface area contributed by atoms with Crippen molar-refractivity contribution in [2.75, 3.05) is 39.6 Å². The van der Waals surface area contributed by atoms with Crippen LogP contribution in [0.5, 0.6) is 0 Å². The number of esters is 4. The number of carbonyl (C=O) groups is 4. The van der Waals surface area contributed by atoms with Crippen molar-refractivity contribution in [2.24, 2.45) is 23.7 Å². The van der Waals surface area contributed by atoms with Gasteiger partial charge in [0.15, 0.2) is 12.2 Å². The number of ether oxygens (including phenoxy) is 4. The van der Waals surface area contributed by atoms with Crippen LogP contribution in [0.3, 0.4) is 0 Å². The number of hydrogen-bond donors (Lipinski definition) is 3. The van der Waals surface area contributed by atoms with Gasteiger partial charge in [-0.25, -0.2) is 9.13 Å². The Bertz CT molecular complexity index is 1860. The Balaban J connectivity index is 5.26. The summed E-state index contributed by atoms with van der Waals surface area (Å²) in [4.78, 5) is 72.8. The number of carbonyl (C=O) groups excluding carboxylic acids is 4. The van der Waals surface area contributed by atoms with Crippen LogP contribution in [0, 0.1) is 23.7 Å². The lowest BCUT2D eigenvalue weighted by molar-refractivity contribution is -0.161. The Hall–Kier alpha value is -1.94. The van der Waals surface area contributed by atoms with Gasteiger partial charge in [-0.1, -0.05) is 325 Å². The van der Waals surface area contributed by atoms with E-state index < -0.39 is 97.5 Å². The van der Waals surface area contributed by atoms with E-state index in [1.165, 1.54) is 173 Å². The predicted octanol–water partition coefficient (Wildman–Crippen LogP) is 21.7. The molecule has 3 N–H and O–H groups in total. The summed E-state index contributed by atoms with van der Waals surface area (Å²) in [5.41, 5.74) is 0. The molecule has 0 aromatic heterocycles. The number of unbranched alkanes of at least 4 members (excludes halogenated alkanes) is 34. The van der Waals surface area contributed by atoms with Crippen LogP contribution in [0.4, 0.5) is 0 Å². The molecule has 0 heterocycles. The van der Waals surface area contributed by atoms with Crippen LogP contribution in [0.1, 0.15) is 376 Å². The molecule has 0 fully saturated rings. The minimum atomic E-state index is -4.96. The fourth-order valence-electron chi connectivity index (χ4n) is 11.2. The quantitative estimate of drug-likeness (QED) is 0.0222. The van der Waals surface area contributed by atoms with Gasteiger partial charge in [-0.15, -0.1) is 0 Å². The van der Waals surface area contributed by atoms with Crippen LogP contribution in [0.25, 0.3) is 0 Å². The molecular weight excluding hydrogens is 1230 g/mol. The van der Waals surface area contributed by atoms with Crippen molar-refractivity contribution < 1.29 is 80.2 Å². The highest BCUT2D eigenvalue weighted by molar-refractivity contribution is 7.47. The van der Waals surface area contributed by atoms with Crippen LogP contribution < -0.4 is 0 Å². The van der Waals surface area contributed by atoms with Crippen molar-refractivity contribution in [1.29, 1.82) is 0 Å². The van der Waals surface area contributed by atoms with Gasteiger partial charge in [0, 0.05) is 25.7 Å². The Labute approximate surface area is 575 Å². The highest BCUT2D eigenvalue weighted by Gasteiger charge is 2.30. The maximum absolute atomic E-state index is 13.1. The molecule has 0 aliphatic heterocycles. The van der Waals surface area contributed by atoms with Crippen LogP contribution in [0.2, 0.25) is 0 Å². The number of hydrogen-bond acceptors (Lipinski definition) is 15. The molecule has 0 amide bonds. The number of aliphatic hydroxyl groups is 1. The third-order valence-corrected chi connectivity index (χ3v) is 20.7. The molecule has 0 saturated carbocycles. The predicted molar refractivity (Wildman–Crippen MR) is 381 cm³/mol. The fraction of sp³-hybridized carbons (Fsp3) is 0.947. The molecule has 0 radical (unpaired) electrons. The molecule has 6 unspecified atom stereocenters. The topological polar surface area (TPSA) is 237 Å². The summed E-state index contributed by atoms with van der Waals surface area (Å²) < 4.78 is 68.5. The molecule has 19 heteroatoms. The maximum atomic E-state index is 13.1. The number of rotatable bonds is 72. The van der Waals surface area contributed by atoms with E-state index in [1.807, 2.05) is 0 Å². The molecule has 558 valence electrons. The molecule has 0 aromatic carbocycles. The average molecular weight is 1380 g/mol. The Morgan fingerprint density at radius 3 is 0.702 bits per heavy atom. The summed E-state index contributed by atoms with van der Waals surface area (Å²) in [7, 11) is -9.91. The molecule has 0 bridgehead atoms. The molecule has 0 aromatic rings. The summed E-state index contributed by atoms with van der Waals surface area (Å²) in [6.07, 6.45) is 48.4. The van der Waals surface area contributed by atoms with Crippen molar-refractivity contribution in [2.45, 2.75) is 395 Å². The molecule has 9 atom stereocenters. The molecule has 17 nitrogen and oxygen atoms in total. The van der Waals surface area contributed by atoms with Gasteiger partial charge in [-0.3, -0.25) is 37.3 Å². The lowest BCUT2D eigenvalue weighted by atomic mass is 9.99. The van der Waals surface area contributed by atoms with Gasteiger partial charge >= 0.3 is 39.5 Å². The van der Waals surface area contributed by atoms with E-state index in [0.29, 0.717) is 25.7 Å². The second-order valence-electron chi connectivity index (χ2n) is 28.0. The first kappa shape index (κ1) is 92.1. The molecular formula is C75H146O17P2. The van der Waals surface area contributed by atoms with Crippen LogP contribution in [0.15, 0.2) is 0 Å². The van der Waals surface area contributed by atoms with E-state index in [0.717, 1.165) is 120 Å². The van der Waals surface area contributed by atoms with Crippen molar-refractivity contribution in [1.82, 2.24) is 0 Å². The van der Waals surface area contributed by atoms with Crippen LogP contribution in [-0.2, 0) is 65.4 Å². The largest absolute Gasteiger partial charge is 0.472 e. The van der Waals surface area contributed by atoms with E-state index in [2.05, 4.69) is 55.4 Å². The standard InChI is InChI=1S/C75H146O17P2/c1-9-65(5)51-43-35-27-21-17-15-13-14-16-18-24-31-41-49-57-74(79)91-70(61-85-72(77)55-47-39-30-23-20-19-22-28-36-44-52-66(6)10-2)63-89-93(81,82)87-59-69(76)60-88-94(83,84)90-64-71(62-86-73(78)56-48-40-34-33-38-46-54-68(8)12-4)92-75(80)58-50-42-32-26-25-29-37-45-53-67(7)11-3/h65-71,76H,9-64H2,1-8H3,(H,81,82)(H,83,84)/t65?,66?,67?,68?,69-,70-,71-/m1/s1. The summed E-state index contributed by atoms with van der Waals surface area (Å²) in [5, 5.41) is 10.6. The second-order valence-corrected chi connectivity index (χ2v) is 30.9. The zero-order valence-electron chi connectivity index (χ0n) is 61.6. The fourth-order valence-corrected chi connectivity index (χ4v) is 12.8. The first-order chi connectivity index (χ1) is 45.2. The lowest BCUT2D eigenvalue weighted by Crippen LogP contribution is -2.30. The first-order valence-electron chi connectivity index (χ1n) is 38.9. The van der Waals surface area contributed by atoms with Gasteiger partial charge in [-0.2, -0.15) is 0 Å². The smallest absolute Gasteiger partial charge is 0.462 e. The number of phosphoric ester groups is 2. The average Bonchev–Trinajstić information content (AvgIpc) is 1.37. The van der Waals surface area contributed by atoms with Crippen LogP contribution in [-0.4, -0.2) is 96.7 Å². The van der Waals surface area contributed by atoms with E-state index in [9.17, 15) is 43.2 Å². The van der Waals surface area contributed by atoms with Crippen molar-refractivity contribution in [3.8, 4) is 0 Å². The highest BCUT2D eigenvalue weighted by atomic mass is 31.2. The van der Waals surface area contributed by atoms with Gasteiger partial charge in [0.2, 0.25) is 0 Å². The van der Waals surface area contributed by atoms with Gasteiger partial charge in [0.1, 0.15) is 19.3 Å². The van der Waals surface area contributed by atoms with Gasteiger partial charge in [0.05, 0.1) is 26.4 Å². The highest BCUT2D eigenvalue weighted by Crippen LogP contribution is 2.45. The maximum Gasteiger partial charge on any atom is 0.472 e. The van der Waals surface area contributed by atoms with E-state index in [-0.39, 0.29) is 25.7 Å². The zero-order chi connectivity index (χ0) is 69.6. The first-order valence-corrected chi connectivity index (χ1v) is 41.8.